The van der Waals surface area contributed by atoms with Crippen LogP contribution in [0.15, 0.2) is 42.6 Å². The summed E-state index contributed by atoms with van der Waals surface area (Å²) in [5.41, 5.74) is 8.21. The maximum atomic E-state index is 5.93. The molecule has 0 spiro atoms. The molecule has 1 aromatic heterocycles. The van der Waals surface area contributed by atoms with Gasteiger partial charge in [0.1, 0.15) is 5.82 Å². The molecular formula is C16H20ClN3. The number of pyridine rings is 1. The Hall–Kier alpha value is -1.58. The quantitative estimate of drug-likeness (QED) is 0.926. The van der Waals surface area contributed by atoms with Gasteiger partial charge in [-0.05, 0) is 49.2 Å². The lowest BCUT2D eigenvalue weighted by atomic mass is 10.1. The van der Waals surface area contributed by atoms with Crippen LogP contribution in [-0.4, -0.2) is 12.0 Å². The first-order valence-corrected chi connectivity index (χ1v) is 7.06. The maximum Gasteiger partial charge on any atom is 0.129 e. The number of hydrogen-bond donors (Lipinski definition) is 1. The van der Waals surface area contributed by atoms with Crippen LogP contribution < -0.4 is 10.6 Å². The normalized spacial score (nSPS) is 13.8. The van der Waals surface area contributed by atoms with E-state index in [-0.39, 0.29) is 12.1 Å². The minimum Gasteiger partial charge on any atom is -0.353 e. The average Bonchev–Trinajstić information content (AvgIpc) is 2.46. The van der Waals surface area contributed by atoms with Crippen molar-refractivity contribution in [3.05, 3.63) is 58.7 Å². The molecule has 2 atom stereocenters. The summed E-state index contributed by atoms with van der Waals surface area (Å²) in [7, 11) is 2.03. The molecule has 2 N–H and O–H groups in total. The first kappa shape index (κ1) is 14.8. The van der Waals surface area contributed by atoms with E-state index in [9.17, 15) is 0 Å². The van der Waals surface area contributed by atoms with Crippen molar-refractivity contribution in [1.29, 1.82) is 0 Å². The van der Waals surface area contributed by atoms with Gasteiger partial charge in [0.15, 0.2) is 0 Å². The largest absolute Gasteiger partial charge is 0.353 e. The zero-order chi connectivity index (χ0) is 14.7. The van der Waals surface area contributed by atoms with E-state index >= 15 is 0 Å². The van der Waals surface area contributed by atoms with E-state index in [4.69, 9.17) is 17.3 Å². The van der Waals surface area contributed by atoms with Crippen LogP contribution in [0, 0.1) is 0 Å². The Kier molecular flexibility index (Phi) is 4.63. The van der Waals surface area contributed by atoms with Crippen molar-refractivity contribution < 1.29 is 0 Å². The lowest BCUT2D eigenvalue weighted by Gasteiger charge is -2.27. The van der Waals surface area contributed by atoms with Crippen LogP contribution in [0.1, 0.15) is 37.1 Å². The summed E-state index contributed by atoms with van der Waals surface area (Å²) in [6, 6.07) is 12.1. The SMILES string of the molecule is CC(c1ccc(Cl)cc1)N(C)c1cc([C@H](C)N)ccn1. The van der Waals surface area contributed by atoms with Gasteiger partial charge in [-0.15, -0.1) is 0 Å². The maximum absolute atomic E-state index is 5.93. The van der Waals surface area contributed by atoms with Gasteiger partial charge in [-0.3, -0.25) is 0 Å². The van der Waals surface area contributed by atoms with Crippen LogP contribution in [0.5, 0.6) is 0 Å². The molecular weight excluding hydrogens is 270 g/mol. The average molecular weight is 290 g/mol. The smallest absolute Gasteiger partial charge is 0.129 e. The highest BCUT2D eigenvalue weighted by Crippen LogP contribution is 2.26. The molecule has 1 aromatic carbocycles. The Morgan fingerprint density at radius 2 is 1.75 bits per heavy atom. The molecule has 0 bridgehead atoms. The number of nitrogens with two attached hydrogens (primary N) is 1. The Bertz CT molecular complexity index is 566. The molecule has 2 rings (SSSR count). The van der Waals surface area contributed by atoms with Gasteiger partial charge >= 0.3 is 0 Å². The number of halogens is 1. The van der Waals surface area contributed by atoms with Gasteiger partial charge in [-0.1, -0.05) is 23.7 Å². The summed E-state index contributed by atoms with van der Waals surface area (Å²) >= 11 is 5.93. The van der Waals surface area contributed by atoms with E-state index in [0.29, 0.717) is 0 Å². The topological polar surface area (TPSA) is 42.1 Å². The predicted octanol–water partition coefficient (Wildman–Crippen LogP) is 3.95. The monoisotopic (exact) mass is 289 g/mol. The van der Waals surface area contributed by atoms with Crippen LogP contribution in [-0.2, 0) is 0 Å². The highest BCUT2D eigenvalue weighted by atomic mass is 35.5. The van der Waals surface area contributed by atoms with E-state index < -0.39 is 0 Å². The summed E-state index contributed by atoms with van der Waals surface area (Å²) in [5, 5.41) is 0.751. The lowest BCUT2D eigenvalue weighted by Crippen LogP contribution is -2.23. The number of benzene rings is 1. The molecule has 0 amide bonds. The van der Waals surface area contributed by atoms with Gasteiger partial charge in [-0.25, -0.2) is 4.98 Å². The van der Waals surface area contributed by atoms with Crippen LogP contribution in [0.2, 0.25) is 5.02 Å². The predicted molar refractivity (Wildman–Crippen MR) is 85.1 cm³/mol. The van der Waals surface area contributed by atoms with Gasteiger partial charge in [0.05, 0.1) is 6.04 Å². The molecule has 3 nitrogen and oxygen atoms in total. The van der Waals surface area contributed by atoms with Crippen molar-refractivity contribution in [3.63, 3.8) is 0 Å². The summed E-state index contributed by atoms with van der Waals surface area (Å²) in [5.74, 6) is 0.919. The number of hydrogen-bond acceptors (Lipinski definition) is 3. The molecule has 0 fully saturated rings. The molecule has 2 aromatic rings. The molecule has 4 heteroatoms. The highest BCUT2D eigenvalue weighted by molar-refractivity contribution is 6.30. The van der Waals surface area contributed by atoms with Crippen molar-refractivity contribution in [3.8, 4) is 0 Å². The van der Waals surface area contributed by atoms with Gasteiger partial charge in [-0.2, -0.15) is 0 Å². The van der Waals surface area contributed by atoms with E-state index in [1.54, 1.807) is 6.20 Å². The standard InChI is InChI=1S/C16H20ClN3/c1-11(18)14-8-9-19-16(10-14)20(3)12(2)13-4-6-15(17)7-5-13/h4-12H,18H2,1-3H3/t11-,12?/m0/s1. The fourth-order valence-electron chi connectivity index (χ4n) is 2.07. The van der Waals surface area contributed by atoms with Crippen molar-refractivity contribution in [2.75, 3.05) is 11.9 Å². The zero-order valence-electron chi connectivity index (χ0n) is 12.0. The minimum atomic E-state index is 0.0102. The van der Waals surface area contributed by atoms with Gasteiger partial charge < -0.3 is 10.6 Å². The minimum absolute atomic E-state index is 0.0102. The Morgan fingerprint density at radius 3 is 2.35 bits per heavy atom. The van der Waals surface area contributed by atoms with Crippen molar-refractivity contribution >= 4 is 17.4 Å². The summed E-state index contributed by atoms with van der Waals surface area (Å²) < 4.78 is 0. The second-order valence-corrected chi connectivity index (χ2v) is 5.51. The molecule has 1 unspecified atom stereocenters. The molecule has 20 heavy (non-hydrogen) atoms. The summed E-state index contributed by atoms with van der Waals surface area (Å²) in [4.78, 5) is 6.56. The fraction of sp³-hybridized carbons (Fsp3) is 0.312. The number of anilines is 1. The second kappa shape index (κ2) is 6.25. The highest BCUT2D eigenvalue weighted by Gasteiger charge is 2.14. The second-order valence-electron chi connectivity index (χ2n) is 5.07. The van der Waals surface area contributed by atoms with Crippen molar-refractivity contribution in [2.45, 2.75) is 25.9 Å². The van der Waals surface area contributed by atoms with Crippen LogP contribution in [0.3, 0.4) is 0 Å². The Balaban J connectivity index is 2.24. The first-order chi connectivity index (χ1) is 9.49. The number of rotatable bonds is 4. The number of nitrogens with zero attached hydrogens (tertiary/aromatic N) is 2. The molecule has 0 radical (unpaired) electrons. The third kappa shape index (κ3) is 3.30. The molecule has 0 aliphatic heterocycles. The van der Waals surface area contributed by atoms with Crippen molar-refractivity contribution in [2.24, 2.45) is 5.73 Å². The molecule has 106 valence electrons. The van der Waals surface area contributed by atoms with E-state index in [1.165, 1.54) is 5.56 Å². The molecule has 0 saturated carbocycles. The summed E-state index contributed by atoms with van der Waals surface area (Å²) in [6.45, 7) is 4.12. The van der Waals surface area contributed by atoms with Gasteiger partial charge in [0.25, 0.3) is 0 Å². The number of aromatic nitrogens is 1. The zero-order valence-corrected chi connectivity index (χ0v) is 12.8. The summed E-state index contributed by atoms with van der Waals surface area (Å²) in [6.07, 6.45) is 1.80. The van der Waals surface area contributed by atoms with E-state index in [1.807, 2.05) is 50.4 Å². The third-order valence-corrected chi connectivity index (χ3v) is 3.84. The lowest BCUT2D eigenvalue weighted by molar-refractivity contribution is 0.725. The van der Waals surface area contributed by atoms with Gasteiger partial charge in [0.2, 0.25) is 0 Å². The Morgan fingerprint density at radius 1 is 1.10 bits per heavy atom. The Labute approximate surface area is 125 Å². The van der Waals surface area contributed by atoms with E-state index in [2.05, 4.69) is 16.8 Å². The molecule has 0 aliphatic rings. The van der Waals surface area contributed by atoms with Gasteiger partial charge in [0, 0.05) is 24.3 Å². The molecule has 0 aliphatic carbocycles. The van der Waals surface area contributed by atoms with Crippen LogP contribution in [0.25, 0.3) is 0 Å². The molecule has 0 saturated heterocycles. The van der Waals surface area contributed by atoms with Crippen LogP contribution in [0.4, 0.5) is 5.82 Å². The van der Waals surface area contributed by atoms with Crippen LogP contribution >= 0.6 is 11.6 Å². The molecule has 1 heterocycles. The van der Waals surface area contributed by atoms with E-state index in [0.717, 1.165) is 16.4 Å². The third-order valence-electron chi connectivity index (χ3n) is 3.59. The fourth-order valence-corrected chi connectivity index (χ4v) is 2.20. The first-order valence-electron chi connectivity index (χ1n) is 6.69. The van der Waals surface area contributed by atoms with Crippen molar-refractivity contribution in [1.82, 2.24) is 4.98 Å².